The Kier molecular flexibility index (Phi) is 6.72. The van der Waals surface area contributed by atoms with Gasteiger partial charge in [-0.25, -0.2) is 10.2 Å². The summed E-state index contributed by atoms with van der Waals surface area (Å²) in [7, 11) is 0. The Morgan fingerprint density at radius 2 is 1.95 bits per heavy atom. The molecular weight excluding hydrogens is 328 g/mol. The van der Waals surface area contributed by atoms with E-state index in [0.717, 1.165) is 10.0 Å². The minimum atomic E-state index is -0.925. The molecule has 0 unspecified atom stereocenters. The largest absolute Gasteiger partial charge is 0.481 e. The van der Waals surface area contributed by atoms with Crippen LogP contribution in [0.1, 0.15) is 25.3 Å². The highest BCUT2D eigenvalue weighted by atomic mass is 79.9. The summed E-state index contributed by atoms with van der Waals surface area (Å²) in [5, 5.41) is 12.7. The zero-order valence-corrected chi connectivity index (χ0v) is 12.5. The van der Waals surface area contributed by atoms with Gasteiger partial charge in [0.05, 0.1) is 18.7 Å². The Morgan fingerprint density at radius 3 is 2.50 bits per heavy atom. The Balaban J connectivity index is 2.83. The molecule has 2 N–H and O–H groups in total. The molecule has 0 bridgehead atoms. The van der Waals surface area contributed by atoms with Gasteiger partial charge in [-0.1, -0.05) is 28.1 Å². The maximum absolute atomic E-state index is 11.2. The first-order valence-electron chi connectivity index (χ1n) is 6.00. The second-order valence-electron chi connectivity index (χ2n) is 3.79. The van der Waals surface area contributed by atoms with Crippen LogP contribution in [0.4, 0.5) is 4.79 Å². The first-order valence-corrected chi connectivity index (χ1v) is 6.79. The van der Waals surface area contributed by atoms with Crippen LogP contribution in [0.5, 0.6) is 0 Å². The summed E-state index contributed by atoms with van der Waals surface area (Å²) >= 11 is 3.32. The molecule has 1 rings (SSSR count). The third kappa shape index (κ3) is 5.83. The molecule has 0 saturated heterocycles. The zero-order valence-electron chi connectivity index (χ0n) is 10.9. The number of rotatable bonds is 6. The van der Waals surface area contributed by atoms with E-state index in [2.05, 4.69) is 26.5 Å². The van der Waals surface area contributed by atoms with Crippen molar-refractivity contribution >= 4 is 33.7 Å². The summed E-state index contributed by atoms with van der Waals surface area (Å²) in [6.07, 6.45) is -0.527. The van der Waals surface area contributed by atoms with Crippen LogP contribution in [-0.4, -0.2) is 29.5 Å². The minimum absolute atomic E-state index is 0.0700. The van der Waals surface area contributed by atoms with Crippen molar-refractivity contribution in [2.24, 2.45) is 5.10 Å². The van der Waals surface area contributed by atoms with Gasteiger partial charge >= 0.3 is 12.1 Å². The Morgan fingerprint density at radius 1 is 1.30 bits per heavy atom. The van der Waals surface area contributed by atoms with Crippen LogP contribution in [0.2, 0.25) is 0 Å². The highest BCUT2D eigenvalue weighted by Gasteiger charge is 2.08. The summed E-state index contributed by atoms with van der Waals surface area (Å²) in [6.45, 7) is 1.92. The third-order valence-corrected chi connectivity index (χ3v) is 2.84. The fraction of sp³-hybridized carbons (Fsp3) is 0.308. The summed E-state index contributed by atoms with van der Waals surface area (Å²) in [4.78, 5) is 21.9. The minimum Gasteiger partial charge on any atom is -0.481 e. The number of amides is 1. The molecule has 0 aliphatic carbocycles. The molecule has 0 aromatic heterocycles. The quantitative estimate of drug-likeness (QED) is 0.614. The second-order valence-corrected chi connectivity index (χ2v) is 4.71. The van der Waals surface area contributed by atoms with Crippen molar-refractivity contribution in [2.45, 2.75) is 19.8 Å². The van der Waals surface area contributed by atoms with Crippen LogP contribution in [0.25, 0.3) is 0 Å². The number of hydrogen-bond acceptors (Lipinski definition) is 4. The topological polar surface area (TPSA) is 88.0 Å². The van der Waals surface area contributed by atoms with Crippen LogP contribution < -0.4 is 5.43 Å². The fourth-order valence-electron chi connectivity index (χ4n) is 1.41. The summed E-state index contributed by atoms with van der Waals surface area (Å²) in [5.41, 5.74) is 3.46. The predicted octanol–water partition coefficient (Wildman–Crippen LogP) is 2.76. The van der Waals surface area contributed by atoms with E-state index in [1.807, 2.05) is 12.1 Å². The summed E-state index contributed by atoms with van der Waals surface area (Å²) in [5.74, 6) is -0.925. The van der Waals surface area contributed by atoms with Gasteiger partial charge in [0, 0.05) is 10.9 Å². The van der Waals surface area contributed by atoms with Gasteiger partial charge in [0.15, 0.2) is 0 Å². The monoisotopic (exact) mass is 342 g/mol. The molecule has 1 amide bonds. The van der Waals surface area contributed by atoms with Gasteiger partial charge in [-0.15, -0.1) is 0 Å². The summed E-state index contributed by atoms with van der Waals surface area (Å²) < 4.78 is 5.59. The van der Waals surface area contributed by atoms with Gasteiger partial charge in [-0.2, -0.15) is 5.10 Å². The smallest absolute Gasteiger partial charge is 0.427 e. The molecule has 0 aliphatic heterocycles. The number of carbonyl (C=O) groups excluding carboxylic acids is 1. The number of carboxylic acid groups (broad SMARTS) is 1. The van der Waals surface area contributed by atoms with Crippen LogP contribution in [0.15, 0.2) is 33.8 Å². The lowest BCUT2D eigenvalue weighted by atomic mass is 10.1. The first kappa shape index (κ1) is 16.2. The average Bonchev–Trinajstić information content (AvgIpc) is 2.40. The molecule has 0 heterocycles. The Labute approximate surface area is 124 Å². The maximum atomic E-state index is 11.2. The van der Waals surface area contributed by atoms with Gasteiger partial charge in [0.2, 0.25) is 0 Å². The summed E-state index contributed by atoms with van der Waals surface area (Å²) in [6, 6.07) is 7.21. The first-order chi connectivity index (χ1) is 9.52. The van der Waals surface area contributed by atoms with E-state index >= 15 is 0 Å². The molecule has 1 aromatic carbocycles. The number of nitrogens with one attached hydrogen (secondary N) is 1. The molecule has 6 nitrogen and oxygen atoms in total. The molecule has 0 saturated carbocycles. The molecule has 1 aromatic rings. The van der Waals surface area contributed by atoms with Crippen LogP contribution in [0, 0.1) is 0 Å². The molecule has 0 fully saturated rings. The standard InChI is InChI=1S/C13H15BrN2O4/c1-2-20-13(19)16-15-11(7-8-12(17)18)9-3-5-10(14)6-4-9/h3-6H,2,7-8H2,1H3,(H,16,19)(H,17,18)/b15-11-. The number of carbonyl (C=O) groups is 2. The fourth-order valence-corrected chi connectivity index (χ4v) is 1.67. The third-order valence-electron chi connectivity index (χ3n) is 2.31. The lowest BCUT2D eigenvalue weighted by Crippen LogP contribution is -2.21. The Hall–Kier alpha value is -1.89. The second kappa shape index (κ2) is 8.31. The number of hydrogen-bond donors (Lipinski definition) is 2. The van der Waals surface area contributed by atoms with Gasteiger partial charge in [-0.05, 0) is 24.6 Å². The van der Waals surface area contributed by atoms with Crippen molar-refractivity contribution < 1.29 is 19.4 Å². The molecule has 7 heteroatoms. The van der Waals surface area contributed by atoms with Gasteiger partial charge in [-0.3, -0.25) is 4.79 Å². The number of carboxylic acids is 1. The van der Waals surface area contributed by atoms with E-state index in [1.54, 1.807) is 19.1 Å². The van der Waals surface area contributed by atoms with E-state index < -0.39 is 12.1 Å². The van der Waals surface area contributed by atoms with Crippen molar-refractivity contribution in [3.05, 3.63) is 34.3 Å². The molecule has 0 radical (unpaired) electrons. The number of hydrazone groups is 1. The number of halogens is 1. The molecular formula is C13H15BrN2O4. The molecule has 0 atom stereocenters. The number of nitrogens with zero attached hydrogens (tertiary/aromatic N) is 1. The average molecular weight is 343 g/mol. The van der Waals surface area contributed by atoms with E-state index in [9.17, 15) is 9.59 Å². The van der Waals surface area contributed by atoms with E-state index in [4.69, 9.17) is 9.84 Å². The van der Waals surface area contributed by atoms with E-state index in [0.29, 0.717) is 5.71 Å². The van der Waals surface area contributed by atoms with Gasteiger partial charge in [0.25, 0.3) is 0 Å². The van der Waals surface area contributed by atoms with Crippen molar-refractivity contribution in [1.29, 1.82) is 0 Å². The number of aliphatic carboxylic acids is 1. The van der Waals surface area contributed by atoms with Crippen molar-refractivity contribution in [3.63, 3.8) is 0 Å². The lowest BCUT2D eigenvalue weighted by molar-refractivity contribution is -0.136. The normalized spacial score (nSPS) is 11.0. The predicted molar refractivity (Wildman–Crippen MR) is 77.7 cm³/mol. The van der Waals surface area contributed by atoms with Gasteiger partial charge < -0.3 is 9.84 Å². The van der Waals surface area contributed by atoms with E-state index in [1.165, 1.54) is 0 Å². The van der Waals surface area contributed by atoms with Gasteiger partial charge in [0.1, 0.15) is 0 Å². The molecule has 20 heavy (non-hydrogen) atoms. The van der Waals surface area contributed by atoms with E-state index in [-0.39, 0.29) is 19.4 Å². The molecule has 108 valence electrons. The highest BCUT2D eigenvalue weighted by Crippen LogP contribution is 2.13. The van der Waals surface area contributed by atoms with Crippen LogP contribution >= 0.6 is 15.9 Å². The molecule has 0 spiro atoms. The highest BCUT2D eigenvalue weighted by molar-refractivity contribution is 9.10. The Bertz CT molecular complexity index is 500. The van der Waals surface area contributed by atoms with Crippen molar-refractivity contribution in [3.8, 4) is 0 Å². The maximum Gasteiger partial charge on any atom is 0.427 e. The van der Waals surface area contributed by atoms with Crippen molar-refractivity contribution in [2.75, 3.05) is 6.61 Å². The molecule has 0 aliphatic rings. The number of benzene rings is 1. The SMILES string of the molecule is CCOC(=O)N/N=C(/CCC(=O)O)c1ccc(Br)cc1. The number of ether oxygens (including phenoxy) is 1. The van der Waals surface area contributed by atoms with Crippen molar-refractivity contribution in [1.82, 2.24) is 5.43 Å². The van der Waals surface area contributed by atoms with Crippen LogP contribution in [-0.2, 0) is 9.53 Å². The van der Waals surface area contributed by atoms with Crippen LogP contribution in [0.3, 0.4) is 0 Å². The lowest BCUT2D eigenvalue weighted by Gasteiger charge is -2.07. The zero-order chi connectivity index (χ0) is 15.0.